The molecule has 0 spiro atoms. The van der Waals surface area contributed by atoms with Crippen molar-refractivity contribution in [2.45, 2.75) is 45.8 Å². The Morgan fingerprint density at radius 3 is 2.19 bits per heavy atom. The van der Waals surface area contributed by atoms with Gasteiger partial charge in [-0.05, 0) is 81.8 Å². The molecule has 196 valence electrons. The minimum Gasteiger partial charge on any atom is -0.497 e. The van der Waals surface area contributed by atoms with Crippen LogP contribution in [0.4, 0.5) is 5.69 Å². The van der Waals surface area contributed by atoms with E-state index in [0.717, 1.165) is 28.3 Å². The molecule has 0 aliphatic carbocycles. The first kappa shape index (κ1) is 27.6. The molecule has 0 radical (unpaired) electrons. The number of benzene rings is 3. The summed E-state index contributed by atoms with van der Waals surface area (Å²) in [7, 11) is 1.63. The number of rotatable bonds is 11. The molecule has 7 heteroatoms. The zero-order valence-electron chi connectivity index (χ0n) is 22.3. The zero-order chi connectivity index (χ0) is 26.8. The smallest absolute Gasteiger partial charge is 0.251 e. The van der Waals surface area contributed by atoms with Crippen molar-refractivity contribution < 1.29 is 19.1 Å². The maximum absolute atomic E-state index is 13.1. The number of carbonyl (C=O) groups excluding carboxylic acids is 2. The third-order valence-corrected chi connectivity index (χ3v) is 5.53. The highest BCUT2D eigenvalue weighted by molar-refractivity contribution is 5.97. The molecule has 3 rings (SSSR count). The highest BCUT2D eigenvalue weighted by atomic mass is 16.5. The standard InChI is InChI=1S/C30H37N3O4/c1-21-7-6-8-23(19-21)28(34)33-27(20-22-9-13-26(14-10-22)37-30(2,3)4)29(35)32-18-17-31-24-11-15-25(36-5)16-12-24/h6-16,19,27,31H,17-18,20H2,1-5H3,(H,32,35)(H,33,34). The molecule has 0 fully saturated rings. The van der Waals surface area contributed by atoms with Crippen LogP contribution in [0.25, 0.3) is 0 Å². The summed E-state index contributed by atoms with van der Waals surface area (Å²) < 4.78 is 11.1. The lowest BCUT2D eigenvalue weighted by molar-refractivity contribution is -0.122. The Morgan fingerprint density at radius 1 is 0.892 bits per heavy atom. The molecule has 0 saturated carbocycles. The van der Waals surface area contributed by atoms with Gasteiger partial charge in [-0.15, -0.1) is 0 Å². The number of amides is 2. The van der Waals surface area contributed by atoms with Gasteiger partial charge in [0.1, 0.15) is 23.1 Å². The highest BCUT2D eigenvalue weighted by Gasteiger charge is 2.22. The van der Waals surface area contributed by atoms with Crippen LogP contribution in [0.3, 0.4) is 0 Å². The topological polar surface area (TPSA) is 88.7 Å². The molecule has 0 aliphatic heterocycles. The molecule has 0 bridgehead atoms. The summed E-state index contributed by atoms with van der Waals surface area (Å²) in [6.07, 6.45) is 0.352. The molecule has 1 atom stereocenters. The molecule has 37 heavy (non-hydrogen) atoms. The van der Waals surface area contributed by atoms with Gasteiger partial charge in [0.2, 0.25) is 5.91 Å². The Hall–Kier alpha value is -4.00. The number of methoxy groups -OCH3 is 1. The average Bonchev–Trinajstić information content (AvgIpc) is 2.86. The average molecular weight is 504 g/mol. The molecular formula is C30H37N3O4. The Labute approximate surface area is 219 Å². The second-order valence-electron chi connectivity index (χ2n) is 9.90. The largest absolute Gasteiger partial charge is 0.497 e. The van der Waals surface area contributed by atoms with Crippen molar-refractivity contribution in [1.29, 1.82) is 0 Å². The highest BCUT2D eigenvalue weighted by Crippen LogP contribution is 2.19. The lowest BCUT2D eigenvalue weighted by Crippen LogP contribution is -2.48. The minimum absolute atomic E-state index is 0.243. The van der Waals surface area contributed by atoms with Gasteiger partial charge in [0, 0.05) is 30.8 Å². The minimum atomic E-state index is -0.733. The molecule has 1 unspecified atom stereocenters. The molecule has 0 aromatic heterocycles. The van der Waals surface area contributed by atoms with Gasteiger partial charge in [-0.1, -0.05) is 29.8 Å². The van der Waals surface area contributed by atoms with Gasteiger partial charge in [0.25, 0.3) is 5.91 Å². The Kier molecular flexibility index (Phi) is 9.55. The van der Waals surface area contributed by atoms with E-state index >= 15 is 0 Å². The summed E-state index contributed by atoms with van der Waals surface area (Å²) in [5.41, 5.74) is 3.05. The van der Waals surface area contributed by atoms with E-state index in [2.05, 4.69) is 16.0 Å². The molecule has 0 saturated heterocycles. The Bertz CT molecular complexity index is 1170. The second kappa shape index (κ2) is 12.8. The van der Waals surface area contributed by atoms with Gasteiger partial charge in [-0.3, -0.25) is 9.59 Å². The van der Waals surface area contributed by atoms with Crippen LogP contribution in [-0.4, -0.2) is 43.7 Å². The fourth-order valence-corrected chi connectivity index (χ4v) is 3.74. The van der Waals surface area contributed by atoms with Gasteiger partial charge < -0.3 is 25.4 Å². The van der Waals surface area contributed by atoms with Crippen molar-refractivity contribution in [1.82, 2.24) is 10.6 Å². The molecular weight excluding hydrogens is 466 g/mol. The van der Waals surface area contributed by atoms with E-state index in [1.807, 2.05) is 94.4 Å². The fourth-order valence-electron chi connectivity index (χ4n) is 3.74. The molecule has 3 N–H and O–H groups in total. The van der Waals surface area contributed by atoms with Crippen molar-refractivity contribution in [3.8, 4) is 11.5 Å². The lowest BCUT2D eigenvalue weighted by Gasteiger charge is -2.22. The summed E-state index contributed by atoms with van der Waals surface area (Å²) in [4.78, 5) is 26.1. The summed E-state index contributed by atoms with van der Waals surface area (Å²) in [6.45, 7) is 8.84. The first-order valence-corrected chi connectivity index (χ1v) is 12.4. The number of ether oxygens (including phenoxy) is 2. The van der Waals surface area contributed by atoms with Crippen LogP contribution in [-0.2, 0) is 11.2 Å². The van der Waals surface area contributed by atoms with Crippen LogP contribution in [0.15, 0.2) is 72.8 Å². The number of hydrogen-bond donors (Lipinski definition) is 3. The summed E-state index contributed by atoms with van der Waals surface area (Å²) in [5.74, 6) is 1.01. The first-order chi connectivity index (χ1) is 17.6. The molecule has 0 aliphatic rings. The van der Waals surface area contributed by atoms with Gasteiger partial charge in [0.15, 0.2) is 0 Å². The van der Waals surface area contributed by atoms with E-state index in [1.54, 1.807) is 13.2 Å². The van der Waals surface area contributed by atoms with E-state index in [4.69, 9.17) is 9.47 Å². The van der Waals surface area contributed by atoms with Gasteiger partial charge in [-0.25, -0.2) is 0 Å². The van der Waals surface area contributed by atoms with Crippen molar-refractivity contribution in [2.75, 3.05) is 25.5 Å². The first-order valence-electron chi connectivity index (χ1n) is 12.4. The number of carbonyl (C=O) groups is 2. The maximum Gasteiger partial charge on any atom is 0.251 e. The summed E-state index contributed by atoms with van der Waals surface area (Å²) in [5, 5.41) is 9.12. The quantitative estimate of drug-likeness (QED) is 0.329. The third kappa shape index (κ3) is 9.18. The summed E-state index contributed by atoms with van der Waals surface area (Å²) >= 11 is 0. The van der Waals surface area contributed by atoms with E-state index < -0.39 is 6.04 Å². The van der Waals surface area contributed by atoms with Gasteiger partial charge >= 0.3 is 0 Å². The molecule has 7 nitrogen and oxygen atoms in total. The van der Waals surface area contributed by atoms with Crippen LogP contribution in [0, 0.1) is 6.92 Å². The van der Waals surface area contributed by atoms with Gasteiger partial charge in [-0.2, -0.15) is 0 Å². The number of anilines is 1. The predicted octanol–water partition coefficient (Wildman–Crippen LogP) is 4.75. The van der Waals surface area contributed by atoms with E-state index in [0.29, 0.717) is 25.1 Å². The maximum atomic E-state index is 13.1. The predicted molar refractivity (Wildman–Crippen MR) is 147 cm³/mol. The van der Waals surface area contributed by atoms with Crippen molar-refractivity contribution in [3.05, 3.63) is 89.5 Å². The fraction of sp³-hybridized carbons (Fsp3) is 0.333. The zero-order valence-corrected chi connectivity index (χ0v) is 22.3. The second-order valence-corrected chi connectivity index (χ2v) is 9.90. The Morgan fingerprint density at radius 2 is 1.57 bits per heavy atom. The van der Waals surface area contributed by atoms with E-state index in [-0.39, 0.29) is 17.4 Å². The Balaban J connectivity index is 1.64. The molecule has 0 heterocycles. The van der Waals surface area contributed by atoms with Crippen LogP contribution in [0.2, 0.25) is 0 Å². The molecule has 2 amide bonds. The van der Waals surface area contributed by atoms with Crippen LogP contribution >= 0.6 is 0 Å². The SMILES string of the molecule is COc1ccc(NCCNC(=O)C(Cc2ccc(OC(C)(C)C)cc2)NC(=O)c2cccc(C)c2)cc1. The number of hydrogen-bond acceptors (Lipinski definition) is 5. The van der Waals surface area contributed by atoms with Crippen molar-refractivity contribution in [3.63, 3.8) is 0 Å². The van der Waals surface area contributed by atoms with E-state index in [9.17, 15) is 9.59 Å². The molecule has 3 aromatic rings. The van der Waals surface area contributed by atoms with Crippen molar-refractivity contribution in [2.24, 2.45) is 0 Å². The van der Waals surface area contributed by atoms with Crippen LogP contribution < -0.4 is 25.4 Å². The van der Waals surface area contributed by atoms with Gasteiger partial charge in [0.05, 0.1) is 7.11 Å². The normalized spacial score (nSPS) is 11.8. The van der Waals surface area contributed by atoms with Crippen LogP contribution in [0.1, 0.15) is 42.3 Å². The summed E-state index contributed by atoms with van der Waals surface area (Å²) in [6, 6.07) is 21.8. The van der Waals surface area contributed by atoms with Crippen LogP contribution in [0.5, 0.6) is 11.5 Å². The third-order valence-electron chi connectivity index (χ3n) is 5.53. The monoisotopic (exact) mass is 503 g/mol. The number of aryl methyl sites for hydroxylation is 1. The lowest BCUT2D eigenvalue weighted by atomic mass is 10.0. The number of nitrogens with one attached hydrogen (secondary N) is 3. The molecule has 3 aromatic carbocycles. The van der Waals surface area contributed by atoms with E-state index in [1.165, 1.54) is 0 Å². The van der Waals surface area contributed by atoms with Crippen molar-refractivity contribution >= 4 is 17.5 Å².